The van der Waals surface area contributed by atoms with E-state index >= 15 is 0 Å². The molecule has 3 heterocycles. The number of rotatable bonds is 1. The van der Waals surface area contributed by atoms with Gasteiger partial charge in [0.1, 0.15) is 11.3 Å². The molecule has 2 aliphatic heterocycles. The van der Waals surface area contributed by atoms with Crippen LogP contribution in [0.25, 0.3) is 11.0 Å². The van der Waals surface area contributed by atoms with Gasteiger partial charge in [-0.15, -0.1) is 0 Å². The molecule has 2 aromatic rings. The summed E-state index contributed by atoms with van der Waals surface area (Å²) in [5.41, 5.74) is 1.45. The van der Waals surface area contributed by atoms with Crippen molar-refractivity contribution in [1.29, 1.82) is 0 Å². The van der Waals surface area contributed by atoms with Gasteiger partial charge in [0.2, 0.25) is 0 Å². The number of halogens is 1. The van der Waals surface area contributed by atoms with Crippen molar-refractivity contribution < 1.29 is 4.39 Å². The predicted molar refractivity (Wildman–Crippen MR) is 75.3 cm³/mol. The van der Waals surface area contributed by atoms with Gasteiger partial charge in [0.25, 0.3) is 0 Å². The standard InChI is InChI=1S/C14H16FN3S/c15-9-3-1-4-12-13(9)16-14(19)18(12)11-6-8-17-7-2-5-10(11)17/h1,3-4,10-11H,2,5-8H2,(H,16,19). The van der Waals surface area contributed by atoms with Crippen molar-refractivity contribution in [2.24, 2.45) is 0 Å². The molecule has 1 N–H and O–H groups in total. The quantitative estimate of drug-likeness (QED) is 0.809. The van der Waals surface area contributed by atoms with Crippen LogP contribution in [-0.2, 0) is 0 Å². The van der Waals surface area contributed by atoms with E-state index in [0.29, 0.717) is 22.4 Å². The smallest absolute Gasteiger partial charge is 0.178 e. The third-order valence-electron chi connectivity index (χ3n) is 4.60. The summed E-state index contributed by atoms with van der Waals surface area (Å²) < 4.78 is 16.6. The molecule has 0 radical (unpaired) electrons. The molecular weight excluding hydrogens is 261 g/mol. The Morgan fingerprint density at radius 3 is 3.00 bits per heavy atom. The average Bonchev–Trinajstić information content (AvgIpc) is 3.03. The minimum atomic E-state index is -0.219. The molecule has 100 valence electrons. The zero-order valence-electron chi connectivity index (χ0n) is 10.6. The van der Waals surface area contributed by atoms with Gasteiger partial charge in [0.15, 0.2) is 4.77 Å². The fourth-order valence-electron chi connectivity index (χ4n) is 3.80. The van der Waals surface area contributed by atoms with Crippen molar-refractivity contribution in [2.45, 2.75) is 31.3 Å². The van der Waals surface area contributed by atoms with Gasteiger partial charge in [-0.25, -0.2) is 4.39 Å². The third-order valence-corrected chi connectivity index (χ3v) is 4.90. The molecule has 3 nitrogen and oxygen atoms in total. The number of aromatic nitrogens is 2. The number of hydrogen-bond donors (Lipinski definition) is 1. The number of nitrogens with one attached hydrogen (secondary N) is 1. The number of imidazole rings is 1. The summed E-state index contributed by atoms with van der Waals surface area (Å²) in [6, 6.07) is 6.18. The number of hydrogen-bond acceptors (Lipinski definition) is 2. The van der Waals surface area contributed by atoms with Gasteiger partial charge in [0, 0.05) is 12.6 Å². The zero-order valence-corrected chi connectivity index (χ0v) is 11.4. The Kier molecular flexibility index (Phi) is 2.53. The molecule has 2 aliphatic rings. The average molecular weight is 277 g/mol. The van der Waals surface area contributed by atoms with Gasteiger partial charge in [-0.3, -0.25) is 4.90 Å². The topological polar surface area (TPSA) is 24.0 Å². The second-order valence-corrected chi connectivity index (χ2v) is 5.92. The first-order valence-electron chi connectivity index (χ1n) is 6.88. The molecule has 2 saturated heterocycles. The molecule has 2 atom stereocenters. The number of benzene rings is 1. The second-order valence-electron chi connectivity index (χ2n) is 5.54. The predicted octanol–water partition coefficient (Wildman–Crippen LogP) is 3.25. The maximum atomic E-state index is 13.8. The van der Waals surface area contributed by atoms with Crippen LogP contribution < -0.4 is 0 Å². The van der Waals surface area contributed by atoms with E-state index in [1.54, 1.807) is 6.07 Å². The monoisotopic (exact) mass is 277 g/mol. The number of H-pyrrole nitrogens is 1. The minimum Gasteiger partial charge on any atom is -0.328 e. The first kappa shape index (κ1) is 11.6. The highest BCUT2D eigenvalue weighted by atomic mass is 32.1. The Hall–Kier alpha value is -1.20. The van der Waals surface area contributed by atoms with E-state index in [2.05, 4.69) is 14.5 Å². The molecule has 1 aromatic carbocycles. The van der Waals surface area contributed by atoms with Crippen LogP contribution in [0.15, 0.2) is 18.2 Å². The summed E-state index contributed by atoms with van der Waals surface area (Å²) in [7, 11) is 0. The SMILES string of the molecule is Fc1cccc2c1[nH]c(=S)n2C1CCN2CCCC12. The van der Waals surface area contributed by atoms with Crippen molar-refractivity contribution in [3.8, 4) is 0 Å². The number of para-hydroxylation sites is 1. The van der Waals surface area contributed by atoms with Crippen LogP contribution in [0.2, 0.25) is 0 Å². The van der Waals surface area contributed by atoms with E-state index in [1.807, 2.05) is 6.07 Å². The molecule has 0 aliphatic carbocycles. The van der Waals surface area contributed by atoms with Gasteiger partial charge >= 0.3 is 0 Å². The lowest BCUT2D eigenvalue weighted by Gasteiger charge is -2.22. The first-order chi connectivity index (χ1) is 9.25. The molecule has 1 aromatic heterocycles. The van der Waals surface area contributed by atoms with Crippen LogP contribution in [0.3, 0.4) is 0 Å². The van der Waals surface area contributed by atoms with Crippen molar-refractivity contribution in [3.05, 3.63) is 28.8 Å². The van der Waals surface area contributed by atoms with Gasteiger partial charge < -0.3 is 9.55 Å². The number of aromatic amines is 1. The van der Waals surface area contributed by atoms with Crippen LogP contribution in [0, 0.1) is 10.6 Å². The van der Waals surface area contributed by atoms with Crippen molar-refractivity contribution in [1.82, 2.24) is 14.5 Å². The minimum absolute atomic E-state index is 0.219. The molecule has 0 spiro atoms. The zero-order chi connectivity index (χ0) is 13.0. The van der Waals surface area contributed by atoms with Gasteiger partial charge in [-0.2, -0.15) is 0 Å². The summed E-state index contributed by atoms with van der Waals surface area (Å²) >= 11 is 5.43. The van der Waals surface area contributed by atoms with Crippen LogP contribution >= 0.6 is 12.2 Å². The lowest BCUT2D eigenvalue weighted by molar-refractivity contribution is 0.291. The highest BCUT2D eigenvalue weighted by molar-refractivity contribution is 7.71. The summed E-state index contributed by atoms with van der Waals surface area (Å²) in [4.78, 5) is 5.58. The van der Waals surface area contributed by atoms with Crippen molar-refractivity contribution >= 4 is 23.3 Å². The van der Waals surface area contributed by atoms with E-state index in [1.165, 1.54) is 25.5 Å². The Morgan fingerprint density at radius 1 is 1.21 bits per heavy atom. The third kappa shape index (κ3) is 1.61. The fourth-order valence-corrected chi connectivity index (χ4v) is 4.14. The molecule has 0 amide bonds. The molecule has 0 bridgehead atoms. The van der Waals surface area contributed by atoms with E-state index in [-0.39, 0.29) is 5.82 Å². The lowest BCUT2D eigenvalue weighted by atomic mass is 10.1. The Labute approximate surface area is 116 Å². The van der Waals surface area contributed by atoms with Crippen LogP contribution in [0.5, 0.6) is 0 Å². The van der Waals surface area contributed by atoms with Crippen molar-refractivity contribution in [3.63, 3.8) is 0 Å². The maximum absolute atomic E-state index is 13.8. The molecule has 19 heavy (non-hydrogen) atoms. The van der Waals surface area contributed by atoms with Gasteiger partial charge in [-0.1, -0.05) is 6.07 Å². The highest BCUT2D eigenvalue weighted by Crippen LogP contribution is 2.38. The molecule has 2 unspecified atom stereocenters. The molecular formula is C14H16FN3S. The molecule has 5 heteroatoms. The summed E-state index contributed by atoms with van der Waals surface area (Å²) in [5, 5.41) is 0. The largest absolute Gasteiger partial charge is 0.328 e. The number of nitrogens with zero attached hydrogens (tertiary/aromatic N) is 2. The highest BCUT2D eigenvalue weighted by Gasteiger charge is 2.38. The van der Waals surface area contributed by atoms with Crippen LogP contribution in [0.4, 0.5) is 4.39 Å². The van der Waals surface area contributed by atoms with E-state index in [9.17, 15) is 4.39 Å². The lowest BCUT2D eigenvalue weighted by Crippen LogP contribution is -2.27. The molecule has 4 rings (SSSR count). The Balaban J connectivity index is 1.89. The van der Waals surface area contributed by atoms with Gasteiger partial charge in [-0.05, 0) is 50.2 Å². The summed E-state index contributed by atoms with van der Waals surface area (Å²) in [5.74, 6) is -0.219. The fraction of sp³-hybridized carbons (Fsp3) is 0.500. The second kappa shape index (κ2) is 4.15. The Bertz CT molecular complexity index is 690. The van der Waals surface area contributed by atoms with Crippen LogP contribution in [0.1, 0.15) is 25.3 Å². The van der Waals surface area contributed by atoms with E-state index in [0.717, 1.165) is 18.5 Å². The van der Waals surface area contributed by atoms with E-state index < -0.39 is 0 Å². The maximum Gasteiger partial charge on any atom is 0.178 e. The van der Waals surface area contributed by atoms with Crippen LogP contribution in [-0.4, -0.2) is 33.6 Å². The summed E-state index contributed by atoms with van der Waals surface area (Å²) in [6.45, 7) is 2.34. The van der Waals surface area contributed by atoms with Crippen molar-refractivity contribution in [2.75, 3.05) is 13.1 Å². The Morgan fingerprint density at radius 2 is 2.11 bits per heavy atom. The molecule has 2 fully saturated rings. The normalized spacial score (nSPS) is 27.2. The summed E-state index contributed by atoms with van der Waals surface area (Å²) in [6.07, 6.45) is 3.61. The van der Waals surface area contributed by atoms with E-state index in [4.69, 9.17) is 12.2 Å². The van der Waals surface area contributed by atoms with Gasteiger partial charge in [0.05, 0.1) is 11.6 Å². The molecule has 0 saturated carbocycles. The number of fused-ring (bicyclic) bond motifs is 2. The first-order valence-corrected chi connectivity index (χ1v) is 7.29.